The van der Waals surface area contributed by atoms with Gasteiger partial charge in [0.15, 0.2) is 11.6 Å². The maximum atomic E-state index is 12.7. The second-order valence-electron chi connectivity index (χ2n) is 7.02. The Labute approximate surface area is 164 Å². The molecule has 0 spiro atoms. The molecule has 0 aliphatic heterocycles. The molecule has 3 rings (SSSR count). The number of benzene rings is 2. The summed E-state index contributed by atoms with van der Waals surface area (Å²) in [5.41, 5.74) is 2.73. The van der Waals surface area contributed by atoms with Crippen LogP contribution in [0.1, 0.15) is 72.1 Å². The third-order valence-corrected chi connectivity index (χ3v) is 4.43. The van der Waals surface area contributed by atoms with E-state index in [9.17, 15) is 9.59 Å². The summed E-state index contributed by atoms with van der Waals surface area (Å²) in [5.74, 6) is 0.864. The molecule has 0 bridgehead atoms. The molecule has 1 N–H and O–H groups in total. The van der Waals surface area contributed by atoms with Gasteiger partial charge in [-0.2, -0.15) is 4.98 Å². The normalized spacial score (nSPS) is 12.0. The van der Waals surface area contributed by atoms with Crippen LogP contribution in [0, 0.1) is 0 Å². The molecule has 0 saturated heterocycles. The average Bonchev–Trinajstić information content (AvgIpc) is 3.19. The Morgan fingerprint density at radius 2 is 1.79 bits per heavy atom. The summed E-state index contributed by atoms with van der Waals surface area (Å²) < 4.78 is 5.25. The van der Waals surface area contributed by atoms with Gasteiger partial charge in [0.25, 0.3) is 5.91 Å². The SMILES string of the molecule is CC(=O)c1ccccc1-c1cccc(C(=O)N[C@H](C)c2nc(C(C)C)no2)c1. The summed E-state index contributed by atoms with van der Waals surface area (Å²) >= 11 is 0. The zero-order valence-electron chi connectivity index (χ0n) is 16.4. The molecular weight excluding hydrogens is 354 g/mol. The predicted octanol–water partition coefficient (Wildman–Crippen LogP) is 4.55. The van der Waals surface area contributed by atoms with Crippen molar-refractivity contribution in [2.24, 2.45) is 0 Å². The Kier molecular flexibility index (Phi) is 5.68. The lowest BCUT2D eigenvalue weighted by Crippen LogP contribution is -2.26. The summed E-state index contributed by atoms with van der Waals surface area (Å²) in [4.78, 5) is 28.9. The molecule has 0 aliphatic rings. The van der Waals surface area contributed by atoms with Crippen LogP contribution < -0.4 is 5.32 Å². The minimum atomic E-state index is -0.416. The van der Waals surface area contributed by atoms with E-state index in [1.54, 1.807) is 31.2 Å². The first kappa shape index (κ1) is 19.5. The van der Waals surface area contributed by atoms with Crippen molar-refractivity contribution in [3.05, 3.63) is 71.4 Å². The average molecular weight is 377 g/mol. The Bertz CT molecular complexity index is 1010. The van der Waals surface area contributed by atoms with Crippen molar-refractivity contribution in [3.8, 4) is 11.1 Å². The van der Waals surface area contributed by atoms with Crippen molar-refractivity contribution in [1.82, 2.24) is 15.5 Å². The molecule has 0 aliphatic carbocycles. The molecule has 0 fully saturated rings. The number of carbonyl (C=O) groups excluding carboxylic acids is 2. The van der Waals surface area contributed by atoms with E-state index in [-0.39, 0.29) is 17.6 Å². The Balaban J connectivity index is 1.82. The monoisotopic (exact) mass is 377 g/mol. The summed E-state index contributed by atoms with van der Waals surface area (Å²) in [7, 11) is 0. The molecule has 0 unspecified atom stereocenters. The van der Waals surface area contributed by atoms with Gasteiger partial charge in [-0.3, -0.25) is 9.59 Å². The van der Waals surface area contributed by atoms with Crippen LogP contribution in [0.15, 0.2) is 53.1 Å². The first-order valence-electron chi connectivity index (χ1n) is 9.21. The topological polar surface area (TPSA) is 85.1 Å². The van der Waals surface area contributed by atoms with Crippen molar-refractivity contribution in [1.29, 1.82) is 0 Å². The molecule has 3 aromatic rings. The van der Waals surface area contributed by atoms with Crippen LogP contribution in [0.3, 0.4) is 0 Å². The maximum Gasteiger partial charge on any atom is 0.251 e. The minimum Gasteiger partial charge on any atom is -0.341 e. The van der Waals surface area contributed by atoms with E-state index in [4.69, 9.17) is 4.52 Å². The first-order valence-corrected chi connectivity index (χ1v) is 9.21. The van der Waals surface area contributed by atoms with Gasteiger partial charge in [0.05, 0.1) is 0 Å². The molecule has 0 saturated carbocycles. The smallest absolute Gasteiger partial charge is 0.251 e. The van der Waals surface area contributed by atoms with E-state index in [1.165, 1.54) is 6.92 Å². The van der Waals surface area contributed by atoms with E-state index < -0.39 is 6.04 Å². The molecule has 1 amide bonds. The fraction of sp³-hybridized carbons (Fsp3) is 0.273. The van der Waals surface area contributed by atoms with Crippen molar-refractivity contribution in [2.75, 3.05) is 0 Å². The number of aromatic nitrogens is 2. The highest BCUT2D eigenvalue weighted by Crippen LogP contribution is 2.25. The van der Waals surface area contributed by atoms with Gasteiger partial charge >= 0.3 is 0 Å². The molecule has 6 nitrogen and oxygen atoms in total. The molecule has 144 valence electrons. The first-order chi connectivity index (χ1) is 13.4. The largest absolute Gasteiger partial charge is 0.341 e. The predicted molar refractivity (Wildman–Crippen MR) is 106 cm³/mol. The summed E-state index contributed by atoms with van der Waals surface area (Å²) in [6.45, 7) is 7.28. The highest BCUT2D eigenvalue weighted by atomic mass is 16.5. The second kappa shape index (κ2) is 8.17. The fourth-order valence-corrected chi connectivity index (χ4v) is 2.87. The van der Waals surface area contributed by atoms with Crippen LogP contribution in [-0.2, 0) is 0 Å². The number of hydrogen-bond acceptors (Lipinski definition) is 5. The number of hydrogen-bond donors (Lipinski definition) is 1. The van der Waals surface area contributed by atoms with Crippen molar-refractivity contribution in [2.45, 2.75) is 39.7 Å². The van der Waals surface area contributed by atoms with Crippen LogP contribution in [0.4, 0.5) is 0 Å². The number of amides is 1. The Hall–Kier alpha value is -3.28. The molecule has 1 atom stereocenters. The lowest BCUT2D eigenvalue weighted by Gasteiger charge is -2.12. The molecule has 28 heavy (non-hydrogen) atoms. The highest BCUT2D eigenvalue weighted by Gasteiger charge is 2.19. The van der Waals surface area contributed by atoms with Gasteiger partial charge in [-0.25, -0.2) is 0 Å². The van der Waals surface area contributed by atoms with Crippen LogP contribution in [-0.4, -0.2) is 21.8 Å². The van der Waals surface area contributed by atoms with Gasteiger partial charge < -0.3 is 9.84 Å². The minimum absolute atomic E-state index is 0.0172. The van der Waals surface area contributed by atoms with Gasteiger partial charge in [-0.15, -0.1) is 0 Å². The molecule has 1 aromatic heterocycles. The van der Waals surface area contributed by atoms with E-state index in [0.717, 1.165) is 11.1 Å². The van der Waals surface area contributed by atoms with Gasteiger partial charge in [-0.05, 0) is 37.1 Å². The highest BCUT2D eigenvalue weighted by molar-refractivity contribution is 6.02. The van der Waals surface area contributed by atoms with Crippen molar-refractivity contribution >= 4 is 11.7 Å². The standard InChI is InChI=1S/C22H23N3O3/c1-13(2)20-24-22(28-25-20)14(3)23-21(27)17-9-7-8-16(12-17)19-11-6-5-10-18(19)15(4)26/h5-14H,1-4H3,(H,23,27)/t14-/m1/s1. The summed E-state index contributed by atoms with van der Waals surface area (Å²) in [5, 5.41) is 6.81. The number of nitrogens with one attached hydrogen (secondary N) is 1. The van der Waals surface area contributed by atoms with Crippen LogP contribution in [0.25, 0.3) is 11.1 Å². The third kappa shape index (κ3) is 4.17. The van der Waals surface area contributed by atoms with Crippen molar-refractivity contribution < 1.29 is 14.1 Å². The maximum absolute atomic E-state index is 12.7. The number of nitrogens with zero attached hydrogens (tertiary/aromatic N) is 2. The molecule has 0 radical (unpaired) electrons. The quantitative estimate of drug-likeness (QED) is 0.637. The molecule has 6 heteroatoms. The van der Waals surface area contributed by atoms with E-state index >= 15 is 0 Å². The van der Waals surface area contributed by atoms with Crippen molar-refractivity contribution in [3.63, 3.8) is 0 Å². The fourth-order valence-electron chi connectivity index (χ4n) is 2.87. The van der Waals surface area contributed by atoms with Gasteiger partial charge in [0, 0.05) is 17.0 Å². The summed E-state index contributed by atoms with van der Waals surface area (Å²) in [6, 6.07) is 14.1. The van der Waals surface area contributed by atoms with Gasteiger partial charge in [0.1, 0.15) is 6.04 Å². The third-order valence-electron chi connectivity index (χ3n) is 4.43. The van der Waals surface area contributed by atoms with E-state index in [0.29, 0.717) is 22.8 Å². The van der Waals surface area contributed by atoms with E-state index in [2.05, 4.69) is 15.5 Å². The second-order valence-corrected chi connectivity index (χ2v) is 7.02. The van der Waals surface area contributed by atoms with Gasteiger partial charge in [-0.1, -0.05) is 55.4 Å². The lowest BCUT2D eigenvalue weighted by atomic mass is 9.96. The number of rotatable bonds is 6. The molecule has 1 heterocycles. The molecular formula is C22H23N3O3. The molecule has 2 aromatic carbocycles. The van der Waals surface area contributed by atoms with Crippen LogP contribution in [0.2, 0.25) is 0 Å². The van der Waals surface area contributed by atoms with Gasteiger partial charge in [0.2, 0.25) is 5.89 Å². The van der Waals surface area contributed by atoms with E-state index in [1.807, 2.05) is 38.1 Å². The Morgan fingerprint density at radius 3 is 2.46 bits per heavy atom. The summed E-state index contributed by atoms with van der Waals surface area (Å²) in [6.07, 6.45) is 0. The zero-order valence-corrected chi connectivity index (χ0v) is 16.4. The van der Waals surface area contributed by atoms with Crippen LogP contribution >= 0.6 is 0 Å². The number of ketones is 1. The Morgan fingerprint density at radius 1 is 1.04 bits per heavy atom. The zero-order chi connectivity index (χ0) is 20.3. The lowest BCUT2D eigenvalue weighted by molar-refractivity contribution is 0.0932. The number of carbonyl (C=O) groups is 2. The van der Waals surface area contributed by atoms with Crippen LogP contribution in [0.5, 0.6) is 0 Å². The number of Topliss-reactive ketones (excluding diaryl/α,β-unsaturated/α-hetero) is 1.